The molecule has 0 aliphatic carbocycles. The molecule has 0 bridgehead atoms. The van der Waals surface area contributed by atoms with Crippen LogP contribution in [-0.4, -0.2) is 11.4 Å². The van der Waals surface area contributed by atoms with Gasteiger partial charge in [0.1, 0.15) is 0 Å². The molecule has 0 radical (unpaired) electrons. The minimum Gasteiger partial charge on any atom is -0.350 e. The molecule has 0 aromatic heterocycles. The van der Waals surface area contributed by atoms with Gasteiger partial charge in [-0.25, -0.2) is 0 Å². The second kappa shape index (κ2) is 5.36. The highest BCUT2D eigenvalue weighted by Crippen LogP contribution is 2.32. The van der Waals surface area contributed by atoms with Crippen molar-refractivity contribution in [3.63, 3.8) is 0 Å². The van der Waals surface area contributed by atoms with Crippen LogP contribution in [0.15, 0.2) is 18.2 Å². The molecule has 1 unspecified atom stereocenters. The van der Waals surface area contributed by atoms with Gasteiger partial charge in [0.05, 0.1) is 0 Å². The van der Waals surface area contributed by atoms with Crippen molar-refractivity contribution in [3.8, 4) is 0 Å². The summed E-state index contributed by atoms with van der Waals surface area (Å²) in [6, 6.07) is 6.48. The SMILES string of the molecule is Cc1cccc(CC2(CC(C)C)CCC(=O)N2)c1C. The van der Waals surface area contributed by atoms with Gasteiger partial charge in [0.25, 0.3) is 0 Å². The molecule has 1 saturated heterocycles. The van der Waals surface area contributed by atoms with Crippen molar-refractivity contribution in [3.05, 3.63) is 34.9 Å². The summed E-state index contributed by atoms with van der Waals surface area (Å²) >= 11 is 0. The molecule has 0 spiro atoms. The molecule has 1 aliphatic heterocycles. The Morgan fingerprint density at radius 1 is 1.32 bits per heavy atom. The average molecular weight is 259 g/mol. The lowest BCUT2D eigenvalue weighted by Gasteiger charge is -2.32. The van der Waals surface area contributed by atoms with Crippen molar-refractivity contribution in [1.29, 1.82) is 0 Å². The maximum atomic E-state index is 11.7. The smallest absolute Gasteiger partial charge is 0.220 e. The van der Waals surface area contributed by atoms with Gasteiger partial charge in [0, 0.05) is 12.0 Å². The quantitative estimate of drug-likeness (QED) is 0.880. The highest BCUT2D eigenvalue weighted by Gasteiger charge is 2.38. The molecule has 19 heavy (non-hydrogen) atoms. The van der Waals surface area contributed by atoms with Gasteiger partial charge in [-0.2, -0.15) is 0 Å². The Bertz CT molecular complexity index is 478. The van der Waals surface area contributed by atoms with Crippen molar-refractivity contribution in [2.45, 2.75) is 58.9 Å². The highest BCUT2D eigenvalue weighted by atomic mass is 16.2. The van der Waals surface area contributed by atoms with Crippen molar-refractivity contribution in [1.82, 2.24) is 5.32 Å². The molecule has 2 heteroatoms. The molecule has 1 heterocycles. The van der Waals surface area contributed by atoms with E-state index in [9.17, 15) is 4.79 Å². The first-order chi connectivity index (χ1) is 8.92. The molecule has 0 saturated carbocycles. The third-order valence-electron chi connectivity index (χ3n) is 4.28. The van der Waals surface area contributed by atoms with Crippen molar-refractivity contribution < 1.29 is 4.79 Å². The number of amides is 1. The second-order valence-corrected chi connectivity index (χ2v) is 6.46. The zero-order valence-corrected chi connectivity index (χ0v) is 12.5. The van der Waals surface area contributed by atoms with Gasteiger partial charge in [-0.3, -0.25) is 4.79 Å². The largest absolute Gasteiger partial charge is 0.350 e. The van der Waals surface area contributed by atoms with E-state index in [4.69, 9.17) is 0 Å². The van der Waals surface area contributed by atoms with Gasteiger partial charge in [-0.05, 0) is 55.7 Å². The predicted octanol–water partition coefficient (Wildman–Crippen LogP) is 3.54. The summed E-state index contributed by atoms with van der Waals surface area (Å²) in [5, 5.41) is 3.25. The Hall–Kier alpha value is -1.31. The third-order valence-corrected chi connectivity index (χ3v) is 4.28. The Morgan fingerprint density at radius 3 is 2.63 bits per heavy atom. The van der Waals surface area contributed by atoms with Gasteiger partial charge < -0.3 is 5.32 Å². The minimum atomic E-state index is -0.0240. The van der Waals surface area contributed by atoms with E-state index >= 15 is 0 Å². The van der Waals surface area contributed by atoms with E-state index in [0.29, 0.717) is 12.3 Å². The van der Waals surface area contributed by atoms with E-state index in [1.807, 2.05) is 0 Å². The molecule has 1 aliphatic rings. The van der Waals surface area contributed by atoms with Crippen LogP contribution in [-0.2, 0) is 11.2 Å². The first-order valence-corrected chi connectivity index (χ1v) is 7.28. The number of carbonyl (C=O) groups is 1. The Morgan fingerprint density at radius 2 is 2.05 bits per heavy atom. The summed E-state index contributed by atoms with van der Waals surface area (Å²) in [7, 11) is 0. The summed E-state index contributed by atoms with van der Waals surface area (Å²) < 4.78 is 0. The molecule has 2 nitrogen and oxygen atoms in total. The lowest BCUT2D eigenvalue weighted by atomic mass is 9.81. The molecule has 104 valence electrons. The van der Waals surface area contributed by atoms with Crippen LogP contribution in [0, 0.1) is 19.8 Å². The Labute approximate surface area is 116 Å². The molecule has 1 atom stereocenters. The number of carbonyl (C=O) groups excluding carboxylic acids is 1. The van der Waals surface area contributed by atoms with Crippen LogP contribution in [0.4, 0.5) is 0 Å². The van der Waals surface area contributed by atoms with Crippen molar-refractivity contribution >= 4 is 5.91 Å². The predicted molar refractivity (Wildman–Crippen MR) is 79.2 cm³/mol. The maximum absolute atomic E-state index is 11.7. The van der Waals surface area contributed by atoms with Crippen LogP contribution in [0.1, 0.15) is 49.8 Å². The molecular weight excluding hydrogens is 234 g/mol. The minimum absolute atomic E-state index is 0.0240. The van der Waals surface area contributed by atoms with Crippen LogP contribution in [0.3, 0.4) is 0 Å². The fourth-order valence-corrected chi connectivity index (χ4v) is 3.28. The van der Waals surface area contributed by atoms with Crippen LogP contribution >= 0.6 is 0 Å². The topological polar surface area (TPSA) is 29.1 Å². The summed E-state index contributed by atoms with van der Waals surface area (Å²) in [6.45, 7) is 8.80. The highest BCUT2D eigenvalue weighted by molar-refractivity contribution is 5.79. The standard InChI is InChI=1S/C17H25NO/c1-12(2)10-17(9-8-16(19)18-17)11-15-7-5-6-13(3)14(15)4/h5-7,12H,8-11H2,1-4H3,(H,18,19). The van der Waals surface area contributed by atoms with Crippen molar-refractivity contribution in [2.24, 2.45) is 5.92 Å². The molecule has 1 aromatic rings. The number of benzene rings is 1. The van der Waals surface area contributed by atoms with Crippen LogP contribution in [0.5, 0.6) is 0 Å². The zero-order valence-electron chi connectivity index (χ0n) is 12.5. The summed E-state index contributed by atoms with van der Waals surface area (Å²) in [5.41, 5.74) is 4.06. The van der Waals surface area contributed by atoms with Crippen LogP contribution in [0.2, 0.25) is 0 Å². The lowest BCUT2D eigenvalue weighted by Crippen LogP contribution is -2.44. The van der Waals surface area contributed by atoms with Gasteiger partial charge in [0.15, 0.2) is 0 Å². The molecular formula is C17H25NO. The van der Waals surface area contributed by atoms with Crippen LogP contribution in [0.25, 0.3) is 0 Å². The van der Waals surface area contributed by atoms with Gasteiger partial charge >= 0.3 is 0 Å². The monoisotopic (exact) mass is 259 g/mol. The van der Waals surface area contributed by atoms with Crippen LogP contribution < -0.4 is 5.32 Å². The Kier molecular flexibility index (Phi) is 3.98. The molecule has 1 amide bonds. The Balaban J connectivity index is 2.26. The van der Waals surface area contributed by atoms with E-state index in [0.717, 1.165) is 19.3 Å². The summed E-state index contributed by atoms with van der Waals surface area (Å²) in [4.78, 5) is 11.7. The summed E-state index contributed by atoms with van der Waals surface area (Å²) in [6.07, 6.45) is 3.67. The van der Waals surface area contributed by atoms with E-state index in [2.05, 4.69) is 51.2 Å². The molecule has 2 rings (SSSR count). The van der Waals surface area contributed by atoms with E-state index in [1.165, 1.54) is 16.7 Å². The first kappa shape index (κ1) is 14.1. The third kappa shape index (κ3) is 3.17. The molecule has 1 N–H and O–H groups in total. The van der Waals surface area contributed by atoms with E-state index in [-0.39, 0.29) is 11.4 Å². The van der Waals surface area contributed by atoms with Gasteiger partial charge in [-0.15, -0.1) is 0 Å². The van der Waals surface area contributed by atoms with E-state index < -0.39 is 0 Å². The molecule has 1 aromatic carbocycles. The van der Waals surface area contributed by atoms with Gasteiger partial charge in [0.2, 0.25) is 5.91 Å². The average Bonchev–Trinajstić information content (AvgIpc) is 2.66. The zero-order chi connectivity index (χ0) is 14.0. The first-order valence-electron chi connectivity index (χ1n) is 7.28. The summed E-state index contributed by atoms with van der Waals surface area (Å²) in [5.74, 6) is 0.814. The van der Waals surface area contributed by atoms with E-state index in [1.54, 1.807) is 0 Å². The molecule has 1 fully saturated rings. The van der Waals surface area contributed by atoms with Crippen molar-refractivity contribution in [2.75, 3.05) is 0 Å². The normalized spacial score (nSPS) is 22.9. The second-order valence-electron chi connectivity index (χ2n) is 6.46. The number of nitrogens with one attached hydrogen (secondary N) is 1. The fraction of sp³-hybridized carbons (Fsp3) is 0.588. The number of aryl methyl sites for hydroxylation is 1. The fourth-order valence-electron chi connectivity index (χ4n) is 3.28. The number of hydrogen-bond donors (Lipinski definition) is 1. The van der Waals surface area contributed by atoms with Gasteiger partial charge in [-0.1, -0.05) is 32.0 Å². The maximum Gasteiger partial charge on any atom is 0.220 e. The number of rotatable bonds is 4. The number of hydrogen-bond acceptors (Lipinski definition) is 1. The lowest BCUT2D eigenvalue weighted by molar-refractivity contribution is -0.119.